The van der Waals surface area contributed by atoms with Gasteiger partial charge in [-0.2, -0.15) is 0 Å². The monoisotopic (exact) mass is 332 g/mol. The van der Waals surface area contributed by atoms with Crippen LogP contribution >= 0.6 is 26.6 Å². The van der Waals surface area contributed by atoms with Crippen molar-refractivity contribution in [2.75, 3.05) is 7.11 Å². The predicted molar refractivity (Wildman–Crippen MR) is 60.8 cm³/mol. The van der Waals surface area contributed by atoms with E-state index in [-0.39, 0.29) is 15.8 Å². The summed E-state index contributed by atoms with van der Waals surface area (Å²) in [6.07, 6.45) is 0. The van der Waals surface area contributed by atoms with Crippen molar-refractivity contribution < 1.29 is 22.7 Å². The Labute approximate surface area is 105 Å². The zero-order valence-electron chi connectivity index (χ0n) is 8.00. The molecule has 90 valence electrons. The fourth-order valence-electron chi connectivity index (χ4n) is 1.10. The van der Waals surface area contributed by atoms with Gasteiger partial charge in [0.05, 0.1) is 17.3 Å². The zero-order valence-corrected chi connectivity index (χ0v) is 11.2. The van der Waals surface area contributed by atoms with E-state index in [0.29, 0.717) is 0 Å². The van der Waals surface area contributed by atoms with Crippen LogP contribution in [0.25, 0.3) is 0 Å². The Bertz CT molecular complexity index is 517. The molecule has 1 rings (SSSR count). The van der Waals surface area contributed by atoms with Gasteiger partial charge in [0.15, 0.2) is 11.5 Å². The van der Waals surface area contributed by atoms with E-state index in [9.17, 15) is 17.9 Å². The number of methoxy groups -OCH3 is 1. The third-order valence-electron chi connectivity index (χ3n) is 1.79. The molecule has 0 heterocycles. The lowest BCUT2D eigenvalue weighted by Gasteiger charge is -2.10. The largest absolute Gasteiger partial charge is 0.504 e. The molecule has 1 aromatic rings. The lowest BCUT2D eigenvalue weighted by molar-refractivity contribution is 0.367. The Balaban J connectivity index is 3.42. The Hall–Kier alpha value is -0.530. The summed E-state index contributed by atoms with van der Waals surface area (Å²) in [5, 5.41) is 9.61. The Morgan fingerprint density at radius 2 is 2.19 bits per heavy atom. The number of hydrogen-bond donors (Lipinski definition) is 1. The number of benzene rings is 1. The third-order valence-corrected chi connectivity index (χ3v) is 3.61. The first-order chi connectivity index (χ1) is 7.26. The molecule has 0 atom stereocenters. The molecule has 0 amide bonds. The van der Waals surface area contributed by atoms with Gasteiger partial charge in [-0.3, -0.25) is 0 Å². The number of aromatic hydroxyl groups is 1. The van der Waals surface area contributed by atoms with Crippen LogP contribution in [0.2, 0.25) is 0 Å². The molecule has 4 nitrogen and oxygen atoms in total. The maximum atomic E-state index is 13.3. The zero-order chi connectivity index (χ0) is 12.5. The van der Waals surface area contributed by atoms with Crippen molar-refractivity contribution in [3.05, 3.63) is 21.9 Å². The van der Waals surface area contributed by atoms with E-state index in [0.717, 1.165) is 6.07 Å². The second kappa shape index (κ2) is 4.77. The number of phenols is 1. The molecule has 1 N–H and O–H groups in total. The van der Waals surface area contributed by atoms with Gasteiger partial charge in [-0.05, 0) is 15.9 Å². The fourth-order valence-corrected chi connectivity index (χ4v) is 2.68. The molecule has 0 spiro atoms. The smallest absolute Gasteiger partial charge is 0.236 e. The van der Waals surface area contributed by atoms with Gasteiger partial charge in [0.1, 0.15) is 5.82 Å². The predicted octanol–water partition coefficient (Wildman–Crippen LogP) is 2.37. The summed E-state index contributed by atoms with van der Waals surface area (Å²) in [5.74, 6) is -2.06. The van der Waals surface area contributed by atoms with Gasteiger partial charge in [-0.1, -0.05) is 0 Å². The molecular formula is C8H7BrClFO4S. The van der Waals surface area contributed by atoms with E-state index < -0.39 is 26.4 Å². The van der Waals surface area contributed by atoms with Crippen LogP contribution in [0.3, 0.4) is 0 Å². The van der Waals surface area contributed by atoms with Gasteiger partial charge in [0.25, 0.3) is 0 Å². The molecule has 0 aliphatic carbocycles. The van der Waals surface area contributed by atoms with E-state index in [1.807, 2.05) is 0 Å². The van der Waals surface area contributed by atoms with E-state index in [1.165, 1.54) is 7.11 Å². The van der Waals surface area contributed by atoms with Gasteiger partial charge in [-0.15, -0.1) is 0 Å². The summed E-state index contributed by atoms with van der Waals surface area (Å²) < 4.78 is 39.6. The van der Waals surface area contributed by atoms with Crippen molar-refractivity contribution in [3.63, 3.8) is 0 Å². The van der Waals surface area contributed by atoms with Crippen LogP contribution in [0.4, 0.5) is 4.39 Å². The maximum absolute atomic E-state index is 13.3. The van der Waals surface area contributed by atoms with Gasteiger partial charge in [0.2, 0.25) is 9.05 Å². The second-order valence-electron chi connectivity index (χ2n) is 2.88. The summed E-state index contributed by atoms with van der Waals surface area (Å²) in [4.78, 5) is 0. The Morgan fingerprint density at radius 3 is 2.62 bits per heavy atom. The minimum atomic E-state index is -3.90. The number of ether oxygens (including phenoxy) is 1. The molecule has 16 heavy (non-hydrogen) atoms. The van der Waals surface area contributed by atoms with E-state index in [1.54, 1.807) is 0 Å². The molecule has 0 bridgehead atoms. The average Bonchev–Trinajstić information content (AvgIpc) is 2.17. The van der Waals surface area contributed by atoms with Crippen molar-refractivity contribution in [2.24, 2.45) is 0 Å². The SMILES string of the molecule is COc1cc(F)c(Br)c(CS(=O)(=O)Cl)c1O. The quantitative estimate of drug-likeness (QED) is 0.863. The molecule has 0 aliphatic rings. The first-order valence-electron chi connectivity index (χ1n) is 3.92. The number of hydrogen-bond acceptors (Lipinski definition) is 4. The van der Waals surface area contributed by atoms with Crippen LogP contribution in [-0.4, -0.2) is 20.6 Å². The number of rotatable bonds is 3. The maximum Gasteiger partial charge on any atom is 0.236 e. The second-order valence-corrected chi connectivity index (χ2v) is 6.45. The molecule has 0 unspecified atom stereocenters. The lowest BCUT2D eigenvalue weighted by atomic mass is 10.2. The molecule has 1 aromatic carbocycles. The highest BCUT2D eigenvalue weighted by molar-refractivity contribution is 9.10. The van der Waals surface area contributed by atoms with E-state index in [4.69, 9.17) is 10.7 Å². The van der Waals surface area contributed by atoms with Crippen molar-refractivity contribution in [1.82, 2.24) is 0 Å². The summed E-state index contributed by atoms with van der Waals surface area (Å²) in [5.41, 5.74) is -0.174. The summed E-state index contributed by atoms with van der Waals surface area (Å²) in [7, 11) is 2.36. The van der Waals surface area contributed by atoms with Crippen LogP contribution in [0.1, 0.15) is 5.56 Å². The first-order valence-corrected chi connectivity index (χ1v) is 7.19. The molecule has 0 saturated carbocycles. The van der Waals surface area contributed by atoms with Crippen LogP contribution in [0, 0.1) is 5.82 Å². The minimum Gasteiger partial charge on any atom is -0.504 e. The number of phenolic OH excluding ortho intramolecular Hbond substituents is 1. The van der Waals surface area contributed by atoms with Crippen molar-refractivity contribution in [2.45, 2.75) is 5.75 Å². The Morgan fingerprint density at radius 1 is 1.62 bits per heavy atom. The highest BCUT2D eigenvalue weighted by atomic mass is 79.9. The molecule has 0 radical (unpaired) electrons. The van der Waals surface area contributed by atoms with Crippen LogP contribution in [0.15, 0.2) is 10.5 Å². The van der Waals surface area contributed by atoms with Gasteiger partial charge < -0.3 is 9.84 Å². The average molecular weight is 334 g/mol. The van der Waals surface area contributed by atoms with Gasteiger partial charge >= 0.3 is 0 Å². The molecule has 0 fully saturated rings. The highest BCUT2D eigenvalue weighted by Crippen LogP contribution is 2.38. The van der Waals surface area contributed by atoms with Crippen LogP contribution in [0.5, 0.6) is 11.5 Å². The standard InChI is InChI=1S/C8H7BrClFO4S/c1-15-6-2-5(11)7(9)4(8(6)12)3-16(10,13)14/h2,12H,3H2,1H3. The Kier molecular flexibility index (Phi) is 4.03. The molecular weight excluding hydrogens is 327 g/mol. The fraction of sp³-hybridized carbons (Fsp3) is 0.250. The van der Waals surface area contributed by atoms with Crippen molar-refractivity contribution >= 4 is 35.7 Å². The van der Waals surface area contributed by atoms with E-state index in [2.05, 4.69) is 20.7 Å². The molecule has 0 saturated heterocycles. The minimum absolute atomic E-state index is 0.156. The van der Waals surface area contributed by atoms with Crippen LogP contribution in [-0.2, 0) is 14.8 Å². The van der Waals surface area contributed by atoms with E-state index >= 15 is 0 Å². The summed E-state index contributed by atoms with van der Waals surface area (Å²) >= 11 is 2.83. The van der Waals surface area contributed by atoms with Crippen molar-refractivity contribution in [1.29, 1.82) is 0 Å². The molecule has 8 heteroatoms. The summed E-state index contributed by atoms with van der Waals surface area (Å²) in [6.45, 7) is 0. The topological polar surface area (TPSA) is 63.6 Å². The van der Waals surface area contributed by atoms with Gasteiger partial charge in [0, 0.05) is 22.3 Å². The third kappa shape index (κ3) is 2.99. The van der Waals surface area contributed by atoms with Crippen LogP contribution < -0.4 is 4.74 Å². The molecule has 0 aromatic heterocycles. The normalized spacial score (nSPS) is 11.5. The lowest BCUT2D eigenvalue weighted by Crippen LogP contribution is -2.00. The number of halogens is 3. The first kappa shape index (κ1) is 13.5. The highest BCUT2D eigenvalue weighted by Gasteiger charge is 2.21. The van der Waals surface area contributed by atoms with Crippen molar-refractivity contribution in [3.8, 4) is 11.5 Å². The molecule has 0 aliphatic heterocycles. The summed E-state index contributed by atoms with van der Waals surface area (Å²) in [6, 6.07) is 0.934. The van der Waals surface area contributed by atoms with Gasteiger partial charge in [-0.25, -0.2) is 12.8 Å².